The van der Waals surface area contributed by atoms with Crippen LogP contribution in [0, 0.1) is 0 Å². The second-order valence-corrected chi connectivity index (χ2v) is 13.9. The highest BCUT2D eigenvalue weighted by atomic mass is 16.5. The van der Waals surface area contributed by atoms with E-state index in [0.29, 0.717) is 24.1 Å². The van der Waals surface area contributed by atoms with Gasteiger partial charge in [0.05, 0.1) is 11.3 Å². The average molecular weight is 637 g/mol. The van der Waals surface area contributed by atoms with Gasteiger partial charge in [-0.25, -0.2) is 4.79 Å². The third-order valence-electron chi connectivity index (χ3n) is 10.8. The number of anilines is 2. The molecule has 8 nitrogen and oxygen atoms in total. The molecule has 2 N–H and O–H groups in total. The van der Waals surface area contributed by atoms with Gasteiger partial charge in [-0.3, -0.25) is 4.90 Å². The highest BCUT2D eigenvalue weighted by molar-refractivity contribution is 5.98. The molecule has 2 saturated heterocycles. The van der Waals surface area contributed by atoms with Crippen LogP contribution in [-0.2, 0) is 13.7 Å². The van der Waals surface area contributed by atoms with Crippen LogP contribution in [0.2, 0.25) is 0 Å². The summed E-state index contributed by atoms with van der Waals surface area (Å²) in [6.07, 6.45) is 6.15. The molecule has 3 fully saturated rings. The summed E-state index contributed by atoms with van der Waals surface area (Å²) in [4.78, 5) is 18.9. The number of aromatic nitrogens is 1. The Balaban J connectivity index is 1.16. The highest BCUT2D eigenvalue weighted by Crippen LogP contribution is 2.45. The Morgan fingerprint density at radius 3 is 2.30 bits per heavy atom. The van der Waals surface area contributed by atoms with Crippen molar-refractivity contribution in [1.29, 1.82) is 0 Å². The zero-order valence-electron chi connectivity index (χ0n) is 28.0. The maximum Gasteiger partial charge on any atom is 0.335 e. The number of benzene rings is 3. The SMILES string of the molecule is CC(C)N1CCN(c2ccc(N3CCCC3O)cc2COc2ccc(-c3c(C4CCCC4)c4ccc(C(=O)O)cc4n3C)cc2)CC1. The van der Waals surface area contributed by atoms with Gasteiger partial charge in [-0.15, -0.1) is 0 Å². The smallest absolute Gasteiger partial charge is 0.335 e. The van der Waals surface area contributed by atoms with Gasteiger partial charge in [-0.1, -0.05) is 18.9 Å². The Morgan fingerprint density at radius 2 is 1.64 bits per heavy atom. The molecule has 0 spiro atoms. The first kappa shape index (κ1) is 31.6. The number of hydrogen-bond acceptors (Lipinski definition) is 6. The quantitative estimate of drug-likeness (QED) is 0.201. The zero-order chi connectivity index (χ0) is 32.7. The first-order valence-corrected chi connectivity index (χ1v) is 17.4. The molecule has 47 heavy (non-hydrogen) atoms. The standard InChI is InChI=1S/C39H48N4O4/c1-26(2)41-19-21-42(22-20-41)34-17-13-31(43-18-6-9-36(43)44)23-30(34)25-47-32-14-10-28(11-15-32)38-37(27-7-4-5-8-27)33-16-12-29(39(45)46)24-35(33)40(38)3/h10-17,23-24,26-27,36,44H,4-9,18-22,25H2,1-3H3,(H,45,46). The summed E-state index contributed by atoms with van der Waals surface area (Å²) in [6, 6.07) is 21.1. The van der Waals surface area contributed by atoms with Gasteiger partial charge in [0.25, 0.3) is 0 Å². The van der Waals surface area contributed by atoms with E-state index in [9.17, 15) is 15.0 Å². The summed E-state index contributed by atoms with van der Waals surface area (Å²) in [7, 11) is 2.05. The minimum Gasteiger partial charge on any atom is -0.489 e. The van der Waals surface area contributed by atoms with Gasteiger partial charge < -0.3 is 29.3 Å². The van der Waals surface area contributed by atoms with Crippen molar-refractivity contribution >= 4 is 28.2 Å². The summed E-state index contributed by atoms with van der Waals surface area (Å²) in [5.41, 5.74) is 8.30. The van der Waals surface area contributed by atoms with Gasteiger partial charge in [-0.05, 0) is 111 Å². The molecule has 1 atom stereocenters. The molecule has 0 bridgehead atoms. The van der Waals surface area contributed by atoms with Crippen LogP contribution in [0.4, 0.5) is 11.4 Å². The second-order valence-electron chi connectivity index (χ2n) is 13.9. The van der Waals surface area contributed by atoms with Gasteiger partial charge in [-0.2, -0.15) is 0 Å². The molecule has 1 unspecified atom stereocenters. The van der Waals surface area contributed by atoms with Crippen LogP contribution in [0.25, 0.3) is 22.2 Å². The number of carbonyl (C=O) groups is 1. The zero-order valence-corrected chi connectivity index (χ0v) is 28.0. The van der Waals surface area contributed by atoms with Gasteiger partial charge in [0.15, 0.2) is 0 Å². The lowest BCUT2D eigenvalue weighted by atomic mass is 9.92. The van der Waals surface area contributed by atoms with Crippen LogP contribution < -0.4 is 14.5 Å². The van der Waals surface area contributed by atoms with Crippen molar-refractivity contribution in [3.63, 3.8) is 0 Å². The number of aliphatic hydroxyl groups is 1. The van der Waals surface area contributed by atoms with Crippen molar-refractivity contribution in [1.82, 2.24) is 9.47 Å². The number of ether oxygens (including phenoxy) is 1. The predicted molar refractivity (Wildman–Crippen MR) is 189 cm³/mol. The summed E-state index contributed by atoms with van der Waals surface area (Å²) in [6.45, 7) is 9.88. The van der Waals surface area contributed by atoms with Crippen molar-refractivity contribution < 1.29 is 19.7 Å². The molecular formula is C39H48N4O4. The molecule has 8 heteroatoms. The lowest BCUT2D eigenvalue weighted by Gasteiger charge is -2.39. The second kappa shape index (κ2) is 13.2. The number of aliphatic hydroxyl groups excluding tert-OH is 1. The third-order valence-corrected chi connectivity index (χ3v) is 10.8. The summed E-state index contributed by atoms with van der Waals surface area (Å²) >= 11 is 0. The van der Waals surface area contributed by atoms with E-state index in [-0.39, 0.29) is 0 Å². The topological polar surface area (TPSA) is 81.4 Å². The number of carboxylic acid groups (broad SMARTS) is 1. The predicted octanol–water partition coefficient (Wildman–Crippen LogP) is 7.23. The summed E-state index contributed by atoms with van der Waals surface area (Å²) in [5, 5.41) is 21.4. The van der Waals surface area contributed by atoms with Gasteiger partial charge >= 0.3 is 5.97 Å². The van der Waals surface area contributed by atoms with Crippen molar-refractivity contribution in [3.05, 3.63) is 77.4 Å². The maximum absolute atomic E-state index is 11.8. The van der Waals surface area contributed by atoms with Crippen LogP contribution in [0.5, 0.6) is 5.75 Å². The molecule has 7 rings (SSSR count). The largest absolute Gasteiger partial charge is 0.489 e. The molecule has 1 aromatic heterocycles. The van der Waals surface area contributed by atoms with Gasteiger partial charge in [0.1, 0.15) is 18.6 Å². The normalized spacial score (nSPS) is 19.4. The number of piperazine rings is 1. The number of hydrogen-bond donors (Lipinski definition) is 2. The van der Waals surface area contributed by atoms with E-state index in [2.05, 4.69) is 82.6 Å². The lowest BCUT2D eigenvalue weighted by Crippen LogP contribution is -2.49. The van der Waals surface area contributed by atoms with Crippen molar-refractivity contribution in [3.8, 4) is 17.0 Å². The van der Waals surface area contributed by atoms with E-state index in [1.165, 1.54) is 29.8 Å². The molecule has 248 valence electrons. The fraction of sp³-hybridized carbons (Fsp3) is 0.462. The molecule has 0 radical (unpaired) electrons. The molecule has 3 aliphatic rings. The van der Waals surface area contributed by atoms with Crippen molar-refractivity contribution in [2.75, 3.05) is 42.5 Å². The molecular weight excluding hydrogens is 588 g/mol. The molecule has 3 heterocycles. The van der Waals surface area contributed by atoms with E-state index < -0.39 is 12.2 Å². The van der Waals surface area contributed by atoms with Crippen LogP contribution in [0.15, 0.2) is 60.7 Å². The monoisotopic (exact) mass is 636 g/mol. The first-order valence-electron chi connectivity index (χ1n) is 17.4. The molecule has 0 amide bonds. The van der Waals surface area contributed by atoms with E-state index >= 15 is 0 Å². The van der Waals surface area contributed by atoms with E-state index in [1.807, 2.05) is 12.1 Å². The number of rotatable bonds is 9. The third kappa shape index (κ3) is 6.21. The van der Waals surface area contributed by atoms with Crippen molar-refractivity contribution in [2.24, 2.45) is 7.05 Å². The van der Waals surface area contributed by atoms with E-state index in [4.69, 9.17) is 4.74 Å². The highest BCUT2D eigenvalue weighted by Gasteiger charge is 2.28. The number of carboxylic acids is 1. The first-order chi connectivity index (χ1) is 22.8. The van der Waals surface area contributed by atoms with E-state index in [1.54, 1.807) is 6.07 Å². The van der Waals surface area contributed by atoms with Gasteiger partial charge in [0.2, 0.25) is 0 Å². The van der Waals surface area contributed by atoms with E-state index in [0.717, 1.165) is 91.9 Å². The van der Waals surface area contributed by atoms with Crippen LogP contribution in [0.1, 0.15) is 79.8 Å². The van der Waals surface area contributed by atoms with Crippen molar-refractivity contribution in [2.45, 2.75) is 77.2 Å². The lowest BCUT2D eigenvalue weighted by molar-refractivity contribution is 0.0697. The fourth-order valence-corrected chi connectivity index (χ4v) is 8.15. The molecule has 1 saturated carbocycles. The summed E-state index contributed by atoms with van der Waals surface area (Å²) < 4.78 is 8.66. The number of aromatic carboxylic acids is 1. The minimum atomic E-state index is -0.901. The maximum atomic E-state index is 11.8. The molecule has 2 aliphatic heterocycles. The number of aryl methyl sites for hydroxylation is 1. The van der Waals surface area contributed by atoms with Gasteiger partial charge in [0, 0.05) is 73.7 Å². The van der Waals surface area contributed by atoms with Crippen LogP contribution >= 0.6 is 0 Å². The Bertz CT molecular complexity index is 1730. The number of fused-ring (bicyclic) bond motifs is 1. The molecule has 3 aromatic carbocycles. The fourth-order valence-electron chi connectivity index (χ4n) is 8.15. The Kier molecular flexibility index (Phi) is 8.90. The Morgan fingerprint density at radius 1 is 0.894 bits per heavy atom. The Labute approximate surface area is 278 Å². The summed E-state index contributed by atoms with van der Waals surface area (Å²) in [5.74, 6) is 0.384. The molecule has 1 aliphatic carbocycles. The average Bonchev–Trinajstić information content (AvgIpc) is 3.83. The Hall–Kier alpha value is -4.01. The number of nitrogens with zero attached hydrogens (tertiary/aromatic N) is 4. The molecule has 4 aromatic rings. The van der Waals surface area contributed by atoms with Crippen LogP contribution in [-0.4, -0.2) is 70.6 Å². The van der Waals surface area contributed by atoms with Crippen LogP contribution in [0.3, 0.4) is 0 Å². The minimum absolute atomic E-state index is 0.316.